The Morgan fingerprint density at radius 3 is 2.78 bits per heavy atom. The smallest absolute Gasteiger partial charge is 0.164 e. The molecule has 0 aliphatic rings. The van der Waals surface area contributed by atoms with Gasteiger partial charge in [-0.25, -0.2) is 14.6 Å². The highest BCUT2D eigenvalue weighted by molar-refractivity contribution is 7.11. The number of rotatable bonds is 5. The molecule has 18 heavy (non-hydrogen) atoms. The van der Waals surface area contributed by atoms with Crippen LogP contribution in [0.4, 0.5) is 0 Å². The van der Waals surface area contributed by atoms with E-state index in [4.69, 9.17) is 0 Å². The highest BCUT2D eigenvalue weighted by Crippen LogP contribution is 2.16. The van der Waals surface area contributed by atoms with Gasteiger partial charge >= 0.3 is 0 Å². The summed E-state index contributed by atoms with van der Waals surface area (Å²) in [7, 11) is 0. The van der Waals surface area contributed by atoms with Gasteiger partial charge in [-0.2, -0.15) is 5.10 Å². The molecule has 0 radical (unpaired) electrons. The lowest BCUT2D eigenvalue weighted by Crippen LogP contribution is -2.22. The number of nitrogens with one attached hydrogen (secondary N) is 1. The first-order valence-electron chi connectivity index (χ1n) is 6.09. The number of hydrogen-bond donors (Lipinski definition) is 1. The molecule has 98 valence electrons. The first-order chi connectivity index (χ1) is 8.54. The number of hydrogen-bond acceptors (Lipinski definition) is 5. The van der Waals surface area contributed by atoms with Crippen molar-refractivity contribution in [2.24, 2.45) is 0 Å². The summed E-state index contributed by atoms with van der Waals surface area (Å²) in [4.78, 5) is 10.1. The normalized spacial score (nSPS) is 11.4. The maximum Gasteiger partial charge on any atom is 0.164 e. The van der Waals surface area contributed by atoms with Crippen molar-refractivity contribution in [1.29, 1.82) is 0 Å². The van der Waals surface area contributed by atoms with Crippen molar-refractivity contribution >= 4 is 11.3 Å². The Morgan fingerprint density at radius 1 is 1.39 bits per heavy atom. The minimum atomic E-state index is 0.446. The monoisotopic (exact) mass is 265 g/mol. The van der Waals surface area contributed by atoms with Gasteiger partial charge in [-0.05, 0) is 13.8 Å². The predicted octanol–water partition coefficient (Wildman–Crippen LogP) is 1.90. The van der Waals surface area contributed by atoms with E-state index < -0.39 is 0 Å². The first-order valence-corrected chi connectivity index (χ1v) is 6.91. The topological polar surface area (TPSA) is 55.6 Å². The summed E-state index contributed by atoms with van der Waals surface area (Å²) in [6, 6.07) is 0.446. The van der Waals surface area contributed by atoms with E-state index in [0.29, 0.717) is 19.1 Å². The molecule has 2 aromatic rings. The van der Waals surface area contributed by atoms with Crippen molar-refractivity contribution in [1.82, 2.24) is 25.1 Å². The highest BCUT2D eigenvalue weighted by atomic mass is 32.1. The molecule has 0 unspecified atom stereocenters. The Hall–Kier alpha value is -1.27. The van der Waals surface area contributed by atoms with E-state index in [1.807, 2.05) is 11.6 Å². The lowest BCUT2D eigenvalue weighted by molar-refractivity contribution is 0.565. The number of thiazole rings is 1. The molecule has 0 spiro atoms. The van der Waals surface area contributed by atoms with Gasteiger partial charge in [0.2, 0.25) is 0 Å². The molecule has 2 rings (SSSR count). The van der Waals surface area contributed by atoms with Crippen LogP contribution < -0.4 is 5.32 Å². The van der Waals surface area contributed by atoms with E-state index in [0.717, 1.165) is 16.5 Å². The minimum absolute atomic E-state index is 0.446. The van der Waals surface area contributed by atoms with E-state index in [2.05, 4.69) is 41.2 Å². The molecule has 0 amide bonds. The summed E-state index contributed by atoms with van der Waals surface area (Å²) in [6.07, 6.45) is 1.77. The molecule has 0 aromatic carbocycles. The summed E-state index contributed by atoms with van der Waals surface area (Å²) in [6.45, 7) is 9.76. The van der Waals surface area contributed by atoms with Crippen LogP contribution in [0.1, 0.15) is 35.3 Å². The van der Waals surface area contributed by atoms with Gasteiger partial charge in [0.1, 0.15) is 11.3 Å². The van der Waals surface area contributed by atoms with Crippen LogP contribution in [0, 0.1) is 13.8 Å². The van der Waals surface area contributed by atoms with Gasteiger partial charge in [0, 0.05) is 10.9 Å². The third kappa shape index (κ3) is 3.36. The second kappa shape index (κ2) is 5.58. The standard InChI is InChI=1S/C12H19N5S/c1-8(2)13-5-11-14-7-17(16-11)6-12-15-9(3)10(4)18-12/h7-8,13H,5-6H2,1-4H3. The van der Waals surface area contributed by atoms with Crippen LogP contribution in [0.25, 0.3) is 0 Å². The second-order valence-corrected chi connectivity index (χ2v) is 5.93. The summed E-state index contributed by atoms with van der Waals surface area (Å²) in [5, 5.41) is 8.81. The summed E-state index contributed by atoms with van der Waals surface area (Å²) in [5.74, 6) is 0.828. The van der Waals surface area contributed by atoms with Crippen LogP contribution in [0.2, 0.25) is 0 Å². The fourth-order valence-electron chi connectivity index (χ4n) is 1.53. The molecule has 2 heterocycles. The van der Waals surface area contributed by atoms with Gasteiger partial charge in [0.25, 0.3) is 0 Å². The maximum absolute atomic E-state index is 4.50. The largest absolute Gasteiger partial charge is 0.308 e. The Morgan fingerprint density at radius 2 is 2.17 bits per heavy atom. The lowest BCUT2D eigenvalue weighted by atomic mass is 10.4. The molecule has 5 nitrogen and oxygen atoms in total. The fourth-order valence-corrected chi connectivity index (χ4v) is 2.46. The molecular formula is C12H19N5S. The quantitative estimate of drug-likeness (QED) is 0.897. The third-order valence-electron chi connectivity index (χ3n) is 2.62. The van der Waals surface area contributed by atoms with E-state index in [1.165, 1.54) is 4.88 Å². The van der Waals surface area contributed by atoms with Crippen LogP contribution in [0.3, 0.4) is 0 Å². The third-order valence-corrected chi connectivity index (χ3v) is 3.68. The molecule has 0 saturated heterocycles. The molecule has 0 bridgehead atoms. The summed E-state index contributed by atoms with van der Waals surface area (Å²) < 4.78 is 1.84. The van der Waals surface area contributed by atoms with Gasteiger partial charge in [-0.3, -0.25) is 0 Å². The molecule has 0 fully saturated rings. The number of aryl methyl sites for hydroxylation is 2. The van der Waals surface area contributed by atoms with Gasteiger partial charge in [0.15, 0.2) is 5.82 Å². The van der Waals surface area contributed by atoms with Crippen molar-refractivity contribution in [2.75, 3.05) is 0 Å². The Balaban J connectivity index is 1.98. The zero-order chi connectivity index (χ0) is 13.1. The molecule has 0 aliphatic carbocycles. The lowest BCUT2D eigenvalue weighted by Gasteiger charge is -2.03. The molecule has 1 N–H and O–H groups in total. The summed E-state index contributed by atoms with van der Waals surface area (Å²) in [5.41, 5.74) is 1.11. The average molecular weight is 265 g/mol. The van der Waals surface area contributed by atoms with E-state index in [-0.39, 0.29) is 0 Å². The van der Waals surface area contributed by atoms with Gasteiger partial charge in [0.05, 0.1) is 18.8 Å². The molecule has 0 atom stereocenters. The maximum atomic E-state index is 4.50. The Bertz CT molecular complexity index is 495. The Kier molecular flexibility index (Phi) is 4.08. The van der Waals surface area contributed by atoms with Crippen LogP contribution in [-0.2, 0) is 13.1 Å². The number of aromatic nitrogens is 4. The van der Waals surface area contributed by atoms with E-state index in [9.17, 15) is 0 Å². The highest BCUT2D eigenvalue weighted by Gasteiger charge is 2.06. The van der Waals surface area contributed by atoms with Crippen molar-refractivity contribution < 1.29 is 0 Å². The average Bonchev–Trinajstić information content (AvgIpc) is 2.85. The van der Waals surface area contributed by atoms with Crippen molar-refractivity contribution in [3.05, 3.63) is 27.7 Å². The van der Waals surface area contributed by atoms with Crippen LogP contribution in [0.5, 0.6) is 0 Å². The zero-order valence-corrected chi connectivity index (χ0v) is 12.1. The predicted molar refractivity (Wildman–Crippen MR) is 72.7 cm³/mol. The second-order valence-electron chi connectivity index (χ2n) is 4.64. The van der Waals surface area contributed by atoms with Gasteiger partial charge in [-0.1, -0.05) is 13.8 Å². The molecule has 6 heteroatoms. The van der Waals surface area contributed by atoms with Gasteiger partial charge < -0.3 is 5.32 Å². The molecule has 0 saturated carbocycles. The molecular weight excluding hydrogens is 246 g/mol. The van der Waals surface area contributed by atoms with Crippen LogP contribution >= 0.6 is 11.3 Å². The van der Waals surface area contributed by atoms with E-state index >= 15 is 0 Å². The van der Waals surface area contributed by atoms with E-state index in [1.54, 1.807) is 17.7 Å². The first kappa shape index (κ1) is 13.2. The fraction of sp³-hybridized carbons (Fsp3) is 0.583. The van der Waals surface area contributed by atoms with Crippen LogP contribution in [-0.4, -0.2) is 25.8 Å². The summed E-state index contributed by atoms with van der Waals surface area (Å²) >= 11 is 1.72. The van der Waals surface area contributed by atoms with Crippen molar-refractivity contribution in [2.45, 2.75) is 46.8 Å². The molecule has 0 aliphatic heterocycles. The molecule has 2 aromatic heterocycles. The number of nitrogens with zero attached hydrogens (tertiary/aromatic N) is 4. The van der Waals surface area contributed by atoms with Crippen molar-refractivity contribution in [3.63, 3.8) is 0 Å². The zero-order valence-electron chi connectivity index (χ0n) is 11.3. The SMILES string of the molecule is Cc1nc(Cn2cnc(CNC(C)C)n2)sc1C. The Labute approximate surface area is 111 Å². The van der Waals surface area contributed by atoms with Crippen molar-refractivity contribution in [3.8, 4) is 0 Å². The van der Waals surface area contributed by atoms with Gasteiger partial charge in [-0.15, -0.1) is 11.3 Å². The van der Waals surface area contributed by atoms with Crippen LogP contribution in [0.15, 0.2) is 6.33 Å². The minimum Gasteiger partial charge on any atom is -0.308 e.